The first-order valence-corrected chi connectivity index (χ1v) is 14.5. The summed E-state index contributed by atoms with van der Waals surface area (Å²) in [5.74, 6) is 1.24. The standard InChI is InChI=1S/C26H35N5O4S/c1-3-27-25(32)28-20-10-8-19(9-11-20)24-29-22(16-23(30-24)31-14-15-35-17-18(31)2)26(12-13-26)36(33,34)21-6-4-5-7-21/h8-11,16,18,21H,3-7,12-15,17H2,1-2H3,(H2,27,28,32)/t18-/m0/s1. The molecule has 0 bridgehead atoms. The van der Waals surface area contributed by atoms with E-state index >= 15 is 0 Å². The van der Waals surface area contributed by atoms with Crippen LogP contribution in [0.5, 0.6) is 0 Å². The van der Waals surface area contributed by atoms with Crippen molar-refractivity contribution < 1.29 is 17.9 Å². The van der Waals surface area contributed by atoms with Gasteiger partial charge in [0.05, 0.1) is 30.2 Å². The molecule has 9 nitrogen and oxygen atoms in total. The van der Waals surface area contributed by atoms with Crippen LogP contribution in [0.1, 0.15) is 58.1 Å². The Morgan fingerprint density at radius 2 is 1.89 bits per heavy atom. The molecule has 1 aliphatic heterocycles. The van der Waals surface area contributed by atoms with Crippen molar-refractivity contribution in [1.29, 1.82) is 0 Å². The van der Waals surface area contributed by atoms with Crippen LogP contribution in [0.4, 0.5) is 16.3 Å². The summed E-state index contributed by atoms with van der Waals surface area (Å²) in [6.45, 7) is 6.38. The SMILES string of the molecule is CCNC(=O)Nc1ccc(-c2nc(N3CCOC[C@@H]3C)cc(C3(S(=O)(=O)C4CCCC4)CC3)n2)cc1. The molecule has 2 saturated carbocycles. The summed E-state index contributed by atoms with van der Waals surface area (Å²) < 4.78 is 32.3. The molecular weight excluding hydrogens is 478 g/mol. The second-order valence-electron chi connectivity index (χ2n) is 10.1. The summed E-state index contributed by atoms with van der Waals surface area (Å²) in [4.78, 5) is 23.8. The number of aromatic nitrogens is 2. The molecule has 3 fully saturated rings. The van der Waals surface area contributed by atoms with Crippen molar-refractivity contribution in [3.8, 4) is 11.4 Å². The van der Waals surface area contributed by atoms with E-state index in [1.54, 1.807) is 12.1 Å². The fraction of sp³-hybridized carbons (Fsp3) is 0.577. The third kappa shape index (κ3) is 4.68. The highest BCUT2D eigenvalue weighted by Gasteiger charge is 2.59. The van der Waals surface area contributed by atoms with Gasteiger partial charge in [-0.25, -0.2) is 23.2 Å². The number of anilines is 2. The van der Waals surface area contributed by atoms with Crippen LogP contribution < -0.4 is 15.5 Å². The van der Waals surface area contributed by atoms with E-state index in [0.29, 0.717) is 56.4 Å². The molecule has 2 aromatic rings. The van der Waals surface area contributed by atoms with Gasteiger partial charge in [0.15, 0.2) is 15.7 Å². The third-order valence-electron chi connectivity index (χ3n) is 7.57. The van der Waals surface area contributed by atoms with Crippen molar-refractivity contribution in [3.05, 3.63) is 36.0 Å². The number of hydrogen-bond acceptors (Lipinski definition) is 7. The average Bonchev–Trinajstić information content (AvgIpc) is 3.51. The first kappa shape index (κ1) is 25.0. The number of morpholine rings is 1. The smallest absolute Gasteiger partial charge is 0.319 e. The van der Waals surface area contributed by atoms with Crippen molar-refractivity contribution in [3.63, 3.8) is 0 Å². The highest BCUT2D eigenvalue weighted by atomic mass is 32.2. The second kappa shape index (κ2) is 9.97. The van der Waals surface area contributed by atoms with Crippen LogP contribution in [0.3, 0.4) is 0 Å². The van der Waals surface area contributed by atoms with E-state index in [9.17, 15) is 13.2 Å². The Morgan fingerprint density at radius 1 is 1.17 bits per heavy atom. The van der Waals surface area contributed by atoms with Gasteiger partial charge in [-0.3, -0.25) is 0 Å². The Morgan fingerprint density at radius 3 is 2.53 bits per heavy atom. The summed E-state index contributed by atoms with van der Waals surface area (Å²) >= 11 is 0. The van der Waals surface area contributed by atoms with Crippen molar-refractivity contribution in [2.45, 2.75) is 68.4 Å². The highest BCUT2D eigenvalue weighted by Crippen LogP contribution is 2.55. The van der Waals surface area contributed by atoms with Crippen molar-refractivity contribution >= 4 is 27.4 Å². The molecule has 1 aromatic heterocycles. The minimum Gasteiger partial charge on any atom is -0.377 e. The van der Waals surface area contributed by atoms with Gasteiger partial charge in [0.1, 0.15) is 10.6 Å². The number of rotatable bonds is 7. The van der Waals surface area contributed by atoms with Crippen LogP contribution in [0.15, 0.2) is 30.3 Å². The lowest BCUT2D eigenvalue weighted by Gasteiger charge is -2.35. The number of carbonyl (C=O) groups is 1. The lowest BCUT2D eigenvalue weighted by Crippen LogP contribution is -2.44. The van der Waals surface area contributed by atoms with E-state index in [4.69, 9.17) is 14.7 Å². The zero-order chi connectivity index (χ0) is 25.3. The van der Waals surface area contributed by atoms with Gasteiger partial charge in [0.2, 0.25) is 0 Å². The lowest BCUT2D eigenvalue weighted by molar-refractivity contribution is 0.0985. The molecule has 2 aliphatic carbocycles. The molecule has 2 heterocycles. The van der Waals surface area contributed by atoms with Crippen LogP contribution in [-0.2, 0) is 19.3 Å². The topological polar surface area (TPSA) is 114 Å². The zero-order valence-electron chi connectivity index (χ0n) is 21.0. The van der Waals surface area contributed by atoms with Gasteiger partial charge < -0.3 is 20.3 Å². The van der Waals surface area contributed by atoms with Gasteiger partial charge in [0, 0.05) is 30.4 Å². The number of nitrogens with one attached hydrogen (secondary N) is 2. The fourth-order valence-electron chi connectivity index (χ4n) is 5.37. The number of ether oxygens (including phenoxy) is 1. The van der Waals surface area contributed by atoms with Crippen LogP contribution in [0, 0.1) is 0 Å². The summed E-state index contributed by atoms with van der Waals surface area (Å²) in [7, 11) is -3.35. The number of amides is 2. The Balaban J connectivity index is 1.53. The molecule has 2 amide bonds. The Bertz CT molecular complexity index is 1210. The predicted molar refractivity (Wildman–Crippen MR) is 140 cm³/mol. The predicted octanol–water partition coefficient (Wildman–Crippen LogP) is 3.86. The maximum Gasteiger partial charge on any atom is 0.319 e. The van der Waals surface area contributed by atoms with Gasteiger partial charge >= 0.3 is 6.03 Å². The van der Waals surface area contributed by atoms with E-state index in [1.165, 1.54) is 0 Å². The van der Waals surface area contributed by atoms with Crippen LogP contribution in [0.2, 0.25) is 0 Å². The summed E-state index contributed by atoms with van der Waals surface area (Å²) in [6, 6.07) is 9.09. The van der Waals surface area contributed by atoms with E-state index in [1.807, 2.05) is 25.1 Å². The molecule has 10 heteroatoms. The molecule has 5 rings (SSSR count). The molecule has 2 N–H and O–H groups in total. The maximum atomic E-state index is 13.8. The van der Waals surface area contributed by atoms with Crippen molar-refractivity contribution in [1.82, 2.24) is 15.3 Å². The normalized spacial score (nSPS) is 21.8. The lowest BCUT2D eigenvalue weighted by atomic mass is 10.1. The first-order chi connectivity index (χ1) is 17.3. The van der Waals surface area contributed by atoms with Gasteiger partial charge in [0.25, 0.3) is 0 Å². The van der Waals surface area contributed by atoms with Gasteiger partial charge in [-0.2, -0.15) is 0 Å². The van der Waals surface area contributed by atoms with Crippen LogP contribution in [-0.4, -0.2) is 62.0 Å². The number of hydrogen-bond donors (Lipinski definition) is 2. The number of carbonyl (C=O) groups excluding carboxylic acids is 1. The maximum absolute atomic E-state index is 13.8. The Labute approximate surface area is 213 Å². The van der Waals surface area contributed by atoms with E-state index in [2.05, 4.69) is 22.5 Å². The zero-order valence-corrected chi connectivity index (χ0v) is 21.8. The monoisotopic (exact) mass is 513 g/mol. The summed E-state index contributed by atoms with van der Waals surface area (Å²) in [6.07, 6.45) is 4.65. The van der Waals surface area contributed by atoms with Gasteiger partial charge in [-0.05, 0) is 63.8 Å². The largest absolute Gasteiger partial charge is 0.377 e. The Hall–Kier alpha value is -2.72. The van der Waals surface area contributed by atoms with Crippen LogP contribution in [0.25, 0.3) is 11.4 Å². The molecule has 0 unspecified atom stereocenters. The molecule has 0 radical (unpaired) electrons. The quantitative estimate of drug-likeness (QED) is 0.578. The number of benzene rings is 1. The number of urea groups is 1. The summed E-state index contributed by atoms with van der Waals surface area (Å²) in [5.41, 5.74) is 2.04. The average molecular weight is 514 g/mol. The number of sulfone groups is 1. The number of nitrogens with zero attached hydrogens (tertiary/aromatic N) is 3. The first-order valence-electron chi connectivity index (χ1n) is 13.0. The van der Waals surface area contributed by atoms with E-state index < -0.39 is 14.6 Å². The van der Waals surface area contributed by atoms with E-state index in [0.717, 1.165) is 37.1 Å². The van der Waals surface area contributed by atoms with Crippen molar-refractivity contribution in [2.75, 3.05) is 36.5 Å². The Kier molecular flexibility index (Phi) is 6.91. The summed E-state index contributed by atoms with van der Waals surface area (Å²) in [5, 5.41) is 5.23. The molecule has 3 aliphatic rings. The molecule has 1 saturated heterocycles. The minimum atomic E-state index is -3.35. The molecule has 36 heavy (non-hydrogen) atoms. The minimum absolute atomic E-state index is 0.125. The molecular formula is C26H35N5O4S. The fourth-order valence-corrected chi connectivity index (χ4v) is 8.03. The van der Waals surface area contributed by atoms with Crippen molar-refractivity contribution in [2.24, 2.45) is 0 Å². The highest BCUT2D eigenvalue weighted by molar-refractivity contribution is 7.93. The van der Waals surface area contributed by atoms with Crippen LogP contribution >= 0.6 is 0 Å². The second-order valence-corrected chi connectivity index (χ2v) is 12.6. The molecule has 0 spiro atoms. The molecule has 1 aromatic carbocycles. The van der Waals surface area contributed by atoms with E-state index in [-0.39, 0.29) is 17.3 Å². The third-order valence-corrected chi connectivity index (χ3v) is 10.6. The van der Waals surface area contributed by atoms with Gasteiger partial charge in [-0.15, -0.1) is 0 Å². The molecule has 1 atom stereocenters. The molecule has 194 valence electrons. The van der Waals surface area contributed by atoms with Gasteiger partial charge in [-0.1, -0.05) is 12.8 Å².